The first kappa shape index (κ1) is 21.4. The molecule has 1 amide bonds. The lowest BCUT2D eigenvalue weighted by atomic mass is 9.85. The van der Waals surface area contributed by atoms with Crippen molar-refractivity contribution in [3.05, 3.63) is 76.9 Å². The zero-order valence-electron chi connectivity index (χ0n) is 19.0. The smallest absolute Gasteiger partial charge is 0.249 e. The number of hydrogen-bond donors (Lipinski definition) is 0. The second-order valence-electron chi connectivity index (χ2n) is 9.85. The van der Waals surface area contributed by atoms with Gasteiger partial charge in [0.25, 0.3) is 0 Å². The van der Waals surface area contributed by atoms with Gasteiger partial charge in [0.05, 0.1) is 5.71 Å². The predicted octanol–water partition coefficient (Wildman–Crippen LogP) is 5.57. The van der Waals surface area contributed by atoms with E-state index >= 15 is 0 Å². The number of benzene rings is 2. The van der Waals surface area contributed by atoms with Gasteiger partial charge in [-0.05, 0) is 35.1 Å². The molecular weight excluding hydrogens is 384 g/mol. The average molecular weight is 417 g/mol. The number of nitrogens with zero attached hydrogens (tertiary/aromatic N) is 2. The first-order chi connectivity index (χ1) is 14.8. The van der Waals surface area contributed by atoms with Crippen LogP contribution in [0.15, 0.2) is 65.3 Å². The molecule has 162 valence electrons. The van der Waals surface area contributed by atoms with Gasteiger partial charge in [-0.25, -0.2) is 0 Å². The number of carbonyl (C=O) groups is 1. The zero-order valence-corrected chi connectivity index (χ0v) is 19.0. The first-order valence-electron chi connectivity index (χ1n) is 11.1. The summed E-state index contributed by atoms with van der Waals surface area (Å²) in [6.07, 6.45) is 4.42. The van der Waals surface area contributed by atoms with Crippen molar-refractivity contribution in [3.8, 4) is 0 Å². The van der Waals surface area contributed by atoms with Crippen LogP contribution in [0.1, 0.15) is 63.6 Å². The molecule has 0 saturated carbocycles. The number of oxime groups is 1. The fourth-order valence-electron chi connectivity index (χ4n) is 4.33. The first-order valence-corrected chi connectivity index (χ1v) is 11.1. The summed E-state index contributed by atoms with van der Waals surface area (Å²) in [5.74, 6) is 0.108. The lowest BCUT2D eigenvalue weighted by Gasteiger charge is -2.37. The molecule has 4 heteroatoms. The Morgan fingerprint density at radius 2 is 1.68 bits per heavy atom. The maximum absolute atomic E-state index is 13.0. The quantitative estimate of drug-likeness (QED) is 0.614. The van der Waals surface area contributed by atoms with Crippen molar-refractivity contribution in [3.63, 3.8) is 0 Å². The predicted molar refractivity (Wildman–Crippen MR) is 126 cm³/mol. The standard InChI is InChI=1S/C27H32N2O2/c1-20(18-21-10-12-23(13-11-21)26(2,3)4)25(30)29-16-14-27(15-17-29)19-24(28-31-27)22-8-6-5-7-9-22/h5-13,18H,14-17,19H2,1-4H3. The largest absolute Gasteiger partial charge is 0.388 e. The Bertz CT molecular complexity index is 990. The summed E-state index contributed by atoms with van der Waals surface area (Å²) in [6, 6.07) is 18.7. The van der Waals surface area contributed by atoms with Gasteiger partial charge >= 0.3 is 0 Å². The van der Waals surface area contributed by atoms with Crippen LogP contribution in [0.5, 0.6) is 0 Å². The molecule has 1 spiro atoms. The summed E-state index contributed by atoms with van der Waals surface area (Å²) in [6.45, 7) is 9.93. The molecule has 0 atom stereocenters. The maximum Gasteiger partial charge on any atom is 0.249 e. The van der Waals surface area contributed by atoms with E-state index in [0.29, 0.717) is 13.1 Å². The number of likely N-dealkylation sites (tertiary alicyclic amines) is 1. The molecule has 0 radical (unpaired) electrons. The number of hydrogen-bond acceptors (Lipinski definition) is 3. The lowest BCUT2D eigenvalue weighted by molar-refractivity contribution is -0.132. The van der Waals surface area contributed by atoms with Gasteiger partial charge in [-0.2, -0.15) is 0 Å². The SMILES string of the molecule is CC(=Cc1ccc(C(C)(C)C)cc1)C(=O)N1CCC2(CC1)CC(c1ccccc1)=NO2. The van der Waals surface area contributed by atoms with Crippen LogP contribution in [-0.2, 0) is 15.0 Å². The highest BCUT2D eigenvalue weighted by Crippen LogP contribution is 2.36. The summed E-state index contributed by atoms with van der Waals surface area (Å²) in [4.78, 5) is 20.9. The Labute approximate surface area is 185 Å². The van der Waals surface area contributed by atoms with Gasteiger partial charge in [0.2, 0.25) is 5.91 Å². The average Bonchev–Trinajstić information content (AvgIpc) is 3.18. The van der Waals surface area contributed by atoms with E-state index in [0.717, 1.165) is 41.7 Å². The van der Waals surface area contributed by atoms with E-state index in [4.69, 9.17) is 4.84 Å². The molecule has 4 rings (SSSR count). The van der Waals surface area contributed by atoms with E-state index in [9.17, 15) is 4.79 Å². The Kier molecular flexibility index (Phi) is 5.74. The zero-order chi connectivity index (χ0) is 22.1. The molecule has 0 bridgehead atoms. The molecule has 1 fully saturated rings. The molecule has 2 aromatic carbocycles. The second kappa shape index (κ2) is 8.33. The monoisotopic (exact) mass is 416 g/mol. The fraction of sp³-hybridized carbons (Fsp3) is 0.407. The van der Waals surface area contributed by atoms with E-state index in [-0.39, 0.29) is 16.9 Å². The van der Waals surface area contributed by atoms with Crippen LogP contribution in [-0.4, -0.2) is 35.2 Å². The summed E-state index contributed by atoms with van der Waals surface area (Å²) in [5.41, 5.74) is 5.12. The van der Waals surface area contributed by atoms with Crippen molar-refractivity contribution in [2.45, 2.75) is 58.0 Å². The third-order valence-electron chi connectivity index (χ3n) is 6.41. The van der Waals surface area contributed by atoms with Crippen molar-refractivity contribution in [1.29, 1.82) is 0 Å². The molecule has 2 aromatic rings. The molecule has 0 aromatic heterocycles. The molecule has 0 aliphatic carbocycles. The molecule has 2 aliphatic heterocycles. The third kappa shape index (κ3) is 4.73. The molecular formula is C27H32N2O2. The van der Waals surface area contributed by atoms with Crippen molar-refractivity contribution in [1.82, 2.24) is 4.90 Å². The Morgan fingerprint density at radius 3 is 2.29 bits per heavy atom. The fourth-order valence-corrected chi connectivity index (χ4v) is 4.33. The van der Waals surface area contributed by atoms with Crippen molar-refractivity contribution >= 4 is 17.7 Å². The Balaban J connectivity index is 1.35. The molecule has 1 saturated heterocycles. The van der Waals surface area contributed by atoms with E-state index < -0.39 is 0 Å². The van der Waals surface area contributed by atoms with Crippen LogP contribution in [0.2, 0.25) is 0 Å². The van der Waals surface area contributed by atoms with Crippen molar-refractivity contribution < 1.29 is 9.63 Å². The minimum absolute atomic E-state index is 0.108. The molecule has 0 unspecified atom stereocenters. The van der Waals surface area contributed by atoms with Crippen LogP contribution < -0.4 is 0 Å². The van der Waals surface area contributed by atoms with E-state index in [1.807, 2.05) is 36.1 Å². The van der Waals surface area contributed by atoms with Crippen LogP contribution >= 0.6 is 0 Å². The minimum atomic E-state index is -0.262. The highest BCUT2D eigenvalue weighted by molar-refractivity contribution is 6.01. The molecule has 4 nitrogen and oxygen atoms in total. The maximum atomic E-state index is 13.0. The van der Waals surface area contributed by atoms with Crippen molar-refractivity contribution in [2.75, 3.05) is 13.1 Å². The molecule has 0 N–H and O–H groups in total. The minimum Gasteiger partial charge on any atom is -0.388 e. The van der Waals surface area contributed by atoms with Crippen LogP contribution in [0.4, 0.5) is 0 Å². The highest BCUT2D eigenvalue weighted by Gasteiger charge is 2.43. The van der Waals surface area contributed by atoms with Crippen LogP contribution in [0, 0.1) is 0 Å². The van der Waals surface area contributed by atoms with Crippen LogP contribution in [0.25, 0.3) is 6.08 Å². The van der Waals surface area contributed by atoms with Gasteiger partial charge in [-0.1, -0.05) is 80.5 Å². The lowest BCUT2D eigenvalue weighted by Crippen LogP contribution is -2.47. The van der Waals surface area contributed by atoms with E-state index in [2.05, 4.69) is 62.3 Å². The number of rotatable bonds is 3. The highest BCUT2D eigenvalue weighted by atomic mass is 16.7. The normalized spacial score (nSPS) is 18.6. The number of amides is 1. The van der Waals surface area contributed by atoms with Gasteiger partial charge < -0.3 is 9.74 Å². The van der Waals surface area contributed by atoms with E-state index in [1.54, 1.807) is 0 Å². The van der Waals surface area contributed by atoms with Gasteiger partial charge in [0, 0.05) is 37.9 Å². The Morgan fingerprint density at radius 1 is 1.03 bits per heavy atom. The van der Waals surface area contributed by atoms with Gasteiger partial charge in [-0.15, -0.1) is 0 Å². The number of piperidine rings is 1. The van der Waals surface area contributed by atoms with Gasteiger partial charge in [-0.3, -0.25) is 4.79 Å². The van der Waals surface area contributed by atoms with Gasteiger partial charge in [0.1, 0.15) is 5.60 Å². The van der Waals surface area contributed by atoms with E-state index in [1.165, 1.54) is 5.56 Å². The van der Waals surface area contributed by atoms with Crippen LogP contribution in [0.3, 0.4) is 0 Å². The summed E-state index contributed by atoms with van der Waals surface area (Å²) in [7, 11) is 0. The summed E-state index contributed by atoms with van der Waals surface area (Å²) >= 11 is 0. The summed E-state index contributed by atoms with van der Waals surface area (Å²) < 4.78 is 0. The molecule has 2 aliphatic rings. The van der Waals surface area contributed by atoms with Gasteiger partial charge in [0.15, 0.2) is 0 Å². The summed E-state index contributed by atoms with van der Waals surface area (Å²) in [5, 5.41) is 4.37. The second-order valence-corrected chi connectivity index (χ2v) is 9.85. The third-order valence-corrected chi connectivity index (χ3v) is 6.41. The molecule has 2 heterocycles. The Hall–Kier alpha value is -2.88. The molecule has 31 heavy (non-hydrogen) atoms. The topological polar surface area (TPSA) is 41.9 Å². The number of carbonyl (C=O) groups excluding carboxylic acids is 1. The van der Waals surface area contributed by atoms with Crippen molar-refractivity contribution in [2.24, 2.45) is 5.16 Å².